The highest BCUT2D eigenvalue weighted by Gasteiger charge is 2.44. The number of pyridine rings is 1. The molecule has 4 rings (SSSR count). The molecule has 2 aliphatic rings. The number of rotatable bonds is 3. The molecule has 4 heterocycles. The normalized spacial score (nSPS) is 19.4. The lowest BCUT2D eigenvalue weighted by molar-refractivity contribution is -0.193. The average molecular weight is 542 g/mol. The Balaban J connectivity index is 0.000000271. The molecule has 0 bridgehead atoms. The predicted octanol–water partition coefficient (Wildman–Crippen LogP) is 3.29. The molecule has 9 nitrogen and oxygen atoms in total. The van der Waals surface area contributed by atoms with E-state index in [0.29, 0.717) is 17.8 Å². The monoisotopic (exact) mass is 542 g/mol. The number of hydrogen-bond donors (Lipinski definition) is 2. The van der Waals surface area contributed by atoms with Gasteiger partial charge in [0.1, 0.15) is 5.69 Å². The number of halogens is 6. The number of amides is 1. The highest BCUT2D eigenvalue weighted by molar-refractivity contribution is 7.07. The molecule has 36 heavy (non-hydrogen) atoms. The van der Waals surface area contributed by atoms with Gasteiger partial charge in [-0.15, -0.1) is 11.3 Å². The van der Waals surface area contributed by atoms with E-state index >= 15 is 0 Å². The number of likely N-dealkylation sites (tertiary alicyclic amines) is 2. The lowest BCUT2D eigenvalue weighted by atomic mass is 10.1. The van der Waals surface area contributed by atoms with Crippen LogP contribution in [0.4, 0.5) is 26.3 Å². The molecule has 0 unspecified atom stereocenters. The highest BCUT2D eigenvalue weighted by atomic mass is 32.1. The summed E-state index contributed by atoms with van der Waals surface area (Å²) in [4.78, 5) is 43.4. The van der Waals surface area contributed by atoms with Gasteiger partial charge < -0.3 is 15.1 Å². The molecule has 0 saturated carbocycles. The zero-order valence-electron chi connectivity index (χ0n) is 18.2. The van der Waals surface area contributed by atoms with Gasteiger partial charge in [-0.1, -0.05) is 6.07 Å². The van der Waals surface area contributed by atoms with Gasteiger partial charge in [0.25, 0.3) is 5.91 Å². The van der Waals surface area contributed by atoms with Crippen molar-refractivity contribution in [2.45, 2.75) is 43.8 Å². The Morgan fingerprint density at radius 2 is 1.53 bits per heavy atom. The fourth-order valence-corrected chi connectivity index (χ4v) is 4.21. The summed E-state index contributed by atoms with van der Waals surface area (Å²) in [5, 5.41) is 16.1. The maximum absolute atomic E-state index is 12.6. The van der Waals surface area contributed by atoms with Crippen molar-refractivity contribution < 1.29 is 50.9 Å². The number of hydrogen-bond acceptors (Lipinski definition) is 7. The fourth-order valence-electron chi connectivity index (χ4n) is 3.69. The maximum atomic E-state index is 12.6. The Labute approximate surface area is 204 Å². The third-order valence-corrected chi connectivity index (χ3v) is 5.77. The Morgan fingerprint density at radius 1 is 0.944 bits per heavy atom. The van der Waals surface area contributed by atoms with E-state index in [4.69, 9.17) is 19.8 Å². The fraction of sp³-hybridized carbons (Fsp3) is 0.450. The maximum Gasteiger partial charge on any atom is 0.490 e. The van der Waals surface area contributed by atoms with Crippen molar-refractivity contribution in [1.82, 2.24) is 19.8 Å². The number of carbonyl (C=O) groups is 3. The summed E-state index contributed by atoms with van der Waals surface area (Å²) in [6, 6.07) is 6.84. The van der Waals surface area contributed by atoms with Crippen LogP contribution in [0.15, 0.2) is 35.3 Å². The number of nitrogens with zero attached hydrogens (tertiary/aromatic N) is 4. The highest BCUT2D eigenvalue weighted by Crippen LogP contribution is 2.33. The van der Waals surface area contributed by atoms with E-state index in [9.17, 15) is 31.1 Å². The Morgan fingerprint density at radius 3 is 2.00 bits per heavy atom. The van der Waals surface area contributed by atoms with Crippen LogP contribution in [0.5, 0.6) is 0 Å². The second kappa shape index (κ2) is 12.1. The van der Waals surface area contributed by atoms with Gasteiger partial charge in [-0.2, -0.15) is 26.3 Å². The van der Waals surface area contributed by atoms with E-state index in [2.05, 4.69) is 20.9 Å². The van der Waals surface area contributed by atoms with Gasteiger partial charge in [0.05, 0.1) is 11.2 Å². The molecule has 0 aromatic carbocycles. The summed E-state index contributed by atoms with van der Waals surface area (Å²) < 4.78 is 63.5. The molecule has 2 atom stereocenters. The van der Waals surface area contributed by atoms with Crippen LogP contribution >= 0.6 is 11.3 Å². The summed E-state index contributed by atoms with van der Waals surface area (Å²) in [7, 11) is 0. The number of alkyl halides is 6. The minimum atomic E-state index is -5.08. The van der Waals surface area contributed by atoms with Crippen molar-refractivity contribution in [2.75, 3.05) is 13.1 Å². The standard InChI is InChI=1S/C16H18N4OS.2C2HF3O2/c21-16(13-10-22-11-18-13)20-8-5-14-15(20)4-7-19(14)9-12-3-1-2-6-17-12;2*3-2(4,5)1(6)7/h1-3,6,10-11,14-15H,4-5,7-9H2;2*(H,6,7)/t14-,15+;;/m1../s1. The first kappa shape index (κ1) is 29.0. The first-order valence-corrected chi connectivity index (χ1v) is 11.1. The number of carbonyl (C=O) groups excluding carboxylic acids is 1. The van der Waals surface area contributed by atoms with E-state index in [-0.39, 0.29) is 5.91 Å². The van der Waals surface area contributed by atoms with Gasteiger partial charge in [-0.05, 0) is 25.0 Å². The topological polar surface area (TPSA) is 124 Å². The van der Waals surface area contributed by atoms with Crippen LogP contribution in [0.3, 0.4) is 0 Å². The van der Waals surface area contributed by atoms with E-state index in [1.54, 1.807) is 5.51 Å². The second-order valence-electron chi connectivity index (χ2n) is 7.48. The van der Waals surface area contributed by atoms with Gasteiger partial charge in [0.15, 0.2) is 0 Å². The number of aromatic nitrogens is 2. The number of carboxylic acid groups (broad SMARTS) is 2. The molecule has 2 saturated heterocycles. The van der Waals surface area contributed by atoms with Crippen LogP contribution in [-0.2, 0) is 16.1 Å². The quantitative estimate of drug-likeness (QED) is 0.567. The first-order chi connectivity index (χ1) is 16.7. The molecule has 1 amide bonds. The first-order valence-electron chi connectivity index (χ1n) is 10.1. The molecule has 0 aliphatic carbocycles. The molecular weight excluding hydrogens is 522 g/mol. The number of thiazole rings is 1. The van der Waals surface area contributed by atoms with Gasteiger partial charge in [0.2, 0.25) is 0 Å². The third kappa shape index (κ3) is 8.15. The molecule has 2 aromatic rings. The minimum absolute atomic E-state index is 0.0911. The van der Waals surface area contributed by atoms with Gasteiger partial charge >= 0.3 is 24.3 Å². The van der Waals surface area contributed by atoms with Crippen molar-refractivity contribution in [3.05, 3.63) is 46.7 Å². The largest absolute Gasteiger partial charge is 0.490 e. The second-order valence-corrected chi connectivity index (χ2v) is 8.20. The Kier molecular flexibility index (Phi) is 9.75. The average Bonchev–Trinajstić information content (AvgIpc) is 3.53. The number of aliphatic carboxylic acids is 2. The summed E-state index contributed by atoms with van der Waals surface area (Å²) in [5.41, 5.74) is 3.42. The lowest BCUT2D eigenvalue weighted by Crippen LogP contribution is -2.39. The summed E-state index contributed by atoms with van der Waals surface area (Å²) in [6.07, 6.45) is -6.23. The molecule has 0 radical (unpaired) electrons. The molecule has 16 heteroatoms. The van der Waals surface area contributed by atoms with E-state index in [1.165, 1.54) is 11.3 Å². The van der Waals surface area contributed by atoms with Crippen LogP contribution < -0.4 is 0 Å². The smallest absolute Gasteiger partial charge is 0.475 e. The van der Waals surface area contributed by atoms with Crippen molar-refractivity contribution >= 4 is 29.2 Å². The van der Waals surface area contributed by atoms with Gasteiger partial charge in [-0.3, -0.25) is 14.7 Å². The van der Waals surface area contributed by atoms with Crippen LogP contribution in [0.1, 0.15) is 29.0 Å². The molecule has 198 valence electrons. The van der Waals surface area contributed by atoms with Crippen LogP contribution in [0, 0.1) is 0 Å². The molecule has 0 spiro atoms. The minimum Gasteiger partial charge on any atom is -0.475 e. The van der Waals surface area contributed by atoms with Crippen molar-refractivity contribution in [3.8, 4) is 0 Å². The SMILES string of the molecule is O=C(O)C(F)(F)F.O=C(O)C(F)(F)F.O=C(c1cscn1)N1CC[C@@H]2[C@@H]1CCN2Cc1ccccn1. The van der Waals surface area contributed by atoms with E-state index in [1.807, 2.05) is 28.6 Å². The molecule has 2 aromatic heterocycles. The van der Waals surface area contributed by atoms with Gasteiger partial charge in [-0.25, -0.2) is 14.6 Å². The Hall–Kier alpha value is -3.27. The number of carboxylic acids is 2. The summed E-state index contributed by atoms with van der Waals surface area (Å²) in [6.45, 7) is 2.75. The Bertz CT molecular complexity index is 996. The van der Waals surface area contributed by atoms with E-state index in [0.717, 1.165) is 38.2 Å². The third-order valence-electron chi connectivity index (χ3n) is 5.18. The zero-order valence-corrected chi connectivity index (χ0v) is 19.1. The van der Waals surface area contributed by atoms with Crippen LogP contribution in [0.25, 0.3) is 0 Å². The number of fused-ring (bicyclic) bond motifs is 1. The molecule has 2 fully saturated rings. The van der Waals surface area contributed by atoms with Crippen LogP contribution in [-0.4, -0.2) is 85.4 Å². The van der Waals surface area contributed by atoms with Crippen molar-refractivity contribution in [3.63, 3.8) is 0 Å². The lowest BCUT2D eigenvalue weighted by Gasteiger charge is -2.25. The molecular formula is C20H20F6N4O5S. The van der Waals surface area contributed by atoms with Crippen molar-refractivity contribution in [1.29, 1.82) is 0 Å². The summed E-state index contributed by atoms with van der Waals surface area (Å²) >= 11 is 1.48. The summed E-state index contributed by atoms with van der Waals surface area (Å²) in [5.74, 6) is -5.42. The van der Waals surface area contributed by atoms with Crippen molar-refractivity contribution in [2.24, 2.45) is 0 Å². The predicted molar refractivity (Wildman–Crippen MR) is 112 cm³/mol. The molecule has 2 N–H and O–H groups in total. The van der Waals surface area contributed by atoms with Gasteiger partial charge in [0, 0.05) is 43.3 Å². The van der Waals surface area contributed by atoms with Crippen LogP contribution in [0.2, 0.25) is 0 Å². The van der Waals surface area contributed by atoms with E-state index < -0.39 is 24.3 Å². The zero-order chi connectivity index (χ0) is 27.1. The molecule has 2 aliphatic heterocycles.